The second-order valence-electron chi connectivity index (χ2n) is 7.78. The number of benzene rings is 1. The molecule has 2 aromatic heterocycles. The van der Waals surface area contributed by atoms with Crippen LogP contribution >= 0.6 is 11.3 Å². The summed E-state index contributed by atoms with van der Waals surface area (Å²) in [6.07, 6.45) is 4.88. The van der Waals surface area contributed by atoms with Crippen molar-refractivity contribution in [1.82, 2.24) is 14.9 Å². The van der Waals surface area contributed by atoms with Gasteiger partial charge in [-0.2, -0.15) is 0 Å². The third kappa shape index (κ3) is 3.98. The molecule has 32 heavy (non-hydrogen) atoms. The Balaban J connectivity index is 1.69. The van der Waals surface area contributed by atoms with Crippen molar-refractivity contribution in [3.63, 3.8) is 0 Å². The van der Waals surface area contributed by atoms with E-state index in [-0.39, 0.29) is 18.4 Å². The predicted octanol–water partition coefficient (Wildman–Crippen LogP) is 2.58. The molecule has 9 nitrogen and oxygen atoms in total. The molecular formula is C22H26N6O3S. The number of anilines is 3. The summed E-state index contributed by atoms with van der Waals surface area (Å²) in [7, 11) is 3.30. The molecule has 1 unspecified atom stereocenters. The van der Waals surface area contributed by atoms with E-state index in [0.29, 0.717) is 41.5 Å². The van der Waals surface area contributed by atoms with Crippen LogP contribution in [0.4, 0.5) is 17.2 Å². The maximum Gasteiger partial charge on any atom is 0.225 e. The van der Waals surface area contributed by atoms with Gasteiger partial charge in [-0.3, -0.25) is 4.79 Å². The van der Waals surface area contributed by atoms with Crippen LogP contribution < -0.4 is 15.8 Å². The highest BCUT2D eigenvalue weighted by atomic mass is 32.1. The fourth-order valence-electron chi connectivity index (χ4n) is 4.12. The number of fused-ring (bicyclic) bond motifs is 3. The lowest BCUT2D eigenvalue weighted by molar-refractivity contribution is -0.135. The molecule has 0 spiro atoms. The summed E-state index contributed by atoms with van der Waals surface area (Å²) >= 11 is 1.59. The minimum atomic E-state index is -0.0937. The number of hydrogen-bond acceptors (Lipinski definition) is 9. The molecule has 1 aliphatic rings. The summed E-state index contributed by atoms with van der Waals surface area (Å²) < 4.78 is 5.47. The van der Waals surface area contributed by atoms with Gasteiger partial charge in [0.2, 0.25) is 5.91 Å². The SMILES string of the molecule is COc1cc(N)c(C=N)cc1Nc1ncnc2sc3c(c12)CCC(C(=O)N(C)CCO)C3. The molecule has 0 saturated heterocycles. The lowest BCUT2D eigenvalue weighted by Gasteiger charge is -2.26. The molecule has 2 heterocycles. The van der Waals surface area contributed by atoms with Crippen molar-refractivity contribution in [3.8, 4) is 5.75 Å². The van der Waals surface area contributed by atoms with E-state index in [1.54, 1.807) is 42.5 Å². The van der Waals surface area contributed by atoms with E-state index in [2.05, 4.69) is 15.3 Å². The molecule has 0 fully saturated rings. The number of aromatic nitrogens is 2. The number of likely N-dealkylation sites (N-methyl/N-ethyl adjacent to an activating group) is 1. The Labute approximate surface area is 189 Å². The van der Waals surface area contributed by atoms with Crippen LogP contribution in [-0.2, 0) is 17.6 Å². The van der Waals surface area contributed by atoms with E-state index in [1.165, 1.54) is 18.1 Å². The zero-order valence-electron chi connectivity index (χ0n) is 18.0. The summed E-state index contributed by atoms with van der Waals surface area (Å²) in [5.41, 5.74) is 8.86. The highest BCUT2D eigenvalue weighted by molar-refractivity contribution is 7.19. The first-order valence-corrected chi connectivity index (χ1v) is 11.1. The van der Waals surface area contributed by atoms with Crippen molar-refractivity contribution in [2.24, 2.45) is 5.92 Å². The number of nitrogens with one attached hydrogen (secondary N) is 2. The minimum Gasteiger partial charge on any atom is -0.494 e. The molecule has 0 bridgehead atoms. The average Bonchev–Trinajstić information content (AvgIpc) is 3.18. The Morgan fingerprint density at radius 1 is 1.47 bits per heavy atom. The third-order valence-electron chi connectivity index (χ3n) is 5.82. The first-order valence-electron chi connectivity index (χ1n) is 10.3. The number of aliphatic hydroxyl groups is 1. The van der Waals surface area contributed by atoms with Crippen LogP contribution in [0.5, 0.6) is 5.75 Å². The number of methoxy groups -OCH3 is 1. The number of carbonyl (C=O) groups is 1. The largest absolute Gasteiger partial charge is 0.494 e. The number of rotatable bonds is 7. The van der Waals surface area contributed by atoms with Gasteiger partial charge >= 0.3 is 0 Å². The van der Waals surface area contributed by atoms with Gasteiger partial charge in [0, 0.05) is 47.9 Å². The lowest BCUT2D eigenvalue weighted by Crippen LogP contribution is -2.37. The molecule has 168 valence electrons. The Morgan fingerprint density at radius 2 is 2.28 bits per heavy atom. The van der Waals surface area contributed by atoms with E-state index >= 15 is 0 Å². The van der Waals surface area contributed by atoms with E-state index in [0.717, 1.165) is 27.9 Å². The maximum atomic E-state index is 12.7. The zero-order chi connectivity index (χ0) is 22.8. The van der Waals surface area contributed by atoms with Crippen molar-refractivity contribution in [2.45, 2.75) is 19.3 Å². The quantitative estimate of drug-likeness (QED) is 0.318. The number of nitrogen functional groups attached to an aromatic ring is 1. The number of thiophene rings is 1. The Hall–Kier alpha value is -3.24. The maximum absolute atomic E-state index is 12.7. The summed E-state index contributed by atoms with van der Waals surface area (Å²) in [5.74, 6) is 1.19. The van der Waals surface area contributed by atoms with Gasteiger partial charge in [-0.15, -0.1) is 11.3 Å². The van der Waals surface area contributed by atoms with Crippen LogP contribution in [0.15, 0.2) is 18.5 Å². The Morgan fingerprint density at radius 3 is 3.00 bits per heavy atom. The molecule has 3 aromatic rings. The molecule has 1 aliphatic carbocycles. The second-order valence-corrected chi connectivity index (χ2v) is 8.86. The van der Waals surface area contributed by atoms with Crippen LogP contribution in [-0.4, -0.2) is 59.4 Å². The summed E-state index contributed by atoms with van der Waals surface area (Å²) in [4.78, 5) is 25.3. The Kier molecular flexibility index (Phi) is 6.24. The van der Waals surface area contributed by atoms with Crippen molar-refractivity contribution in [1.29, 1.82) is 5.41 Å². The van der Waals surface area contributed by atoms with Gasteiger partial charge in [0.15, 0.2) is 0 Å². The number of amides is 1. The van der Waals surface area contributed by atoms with Gasteiger partial charge < -0.3 is 31.2 Å². The first kappa shape index (κ1) is 22.0. The third-order valence-corrected chi connectivity index (χ3v) is 6.98. The fraction of sp³-hybridized carbons (Fsp3) is 0.364. The zero-order valence-corrected chi connectivity index (χ0v) is 18.8. The van der Waals surface area contributed by atoms with Crippen molar-refractivity contribution in [2.75, 3.05) is 38.4 Å². The van der Waals surface area contributed by atoms with Crippen LogP contribution in [0.1, 0.15) is 22.4 Å². The van der Waals surface area contributed by atoms with Crippen LogP contribution in [0.2, 0.25) is 0 Å². The monoisotopic (exact) mass is 454 g/mol. The average molecular weight is 455 g/mol. The normalized spacial score (nSPS) is 15.3. The van der Waals surface area contributed by atoms with E-state index in [4.69, 9.17) is 21.0 Å². The van der Waals surface area contributed by atoms with Gasteiger partial charge in [-0.25, -0.2) is 9.97 Å². The van der Waals surface area contributed by atoms with Gasteiger partial charge in [0.25, 0.3) is 0 Å². The van der Waals surface area contributed by atoms with Gasteiger partial charge in [0.05, 0.1) is 24.8 Å². The molecule has 5 N–H and O–H groups in total. The van der Waals surface area contributed by atoms with E-state index in [9.17, 15) is 4.79 Å². The molecule has 1 atom stereocenters. The predicted molar refractivity (Wildman–Crippen MR) is 126 cm³/mol. The van der Waals surface area contributed by atoms with Gasteiger partial charge in [0.1, 0.15) is 22.7 Å². The number of aliphatic hydroxyl groups excluding tert-OH is 1. The van der Waals surface area contributed by atoms with Crippen molar-refractivity contribution in [3.05, 3.63) is 34.5 Å². The van der Waals surface area contributed by atoms with Crippen LogP contribution in [0, 0.1) is 11.3 Å². The van der Waals surface area contributed by atoms with Crippen molar-refractivity contribution >= 4 is 50.9 Å². The standard InChI is InChI=1S/C22H26N6O3S/c1-28(5-6-29)22(30)12-3-4-14-18(8-12)32-21-19(14)20(25-11-26-21)27-16-7-13(10-23)15(24)9-17(16)31-2/h7,9-12,23,29H,3-6,8,24H2,1-2H3,(H,25,26,27). The summed E-state index contributed by atoms with van der Waals surface area (Å²) in [5, 5.41) is 21.0. The molecular weight excluding hydrogens is 428 g/mol. The Bertz CT molecular complexity index is 1180. The highest BCUT2D eigenvalue weighted by Gasteiger charge is 2.30. The smallest absolute Gasteiger partial charge is 0.225 e. The fourth-order valence-corrected chi connectivity index (χ4v) is 5.39. The lowest BCUT2D eigenvalue weighted by atomic mass is 9.87. The molecule has 0 radical (unpaired) electrons. The molecule has 4 rings (SSSR count). The van der Waals surface area contributed by atoms with Crippen LogP contribution in [0.3, 0.4) is 0 Å². The molecule has 0 aliphatic heterocycles. The van der Waals surface area contributed by atoms with Crippen molar-refractivity contribution < 1.29 is 14.6 Å². The summed E-state index contributed by atoms with van der Waals surface area (Å²) in [6.45, 7) is 0.303. The number of hydrogen-bond donors (Lipinski definition) is 4. The van der Waals surface area contributed by atoms with E-state index < -0.39 is 0 Å². The molecule has 0 saturated carbocycles. The van der Waals surface area contributed by atoms with Crippen LogP contribution in [0.25, 0.3) is 10.2 Å². The number of aryl methyl sites for hydroxylation is 1. The topological polar surface area (TPSA) is 137 Å². The number of nitrogens with zero attached hydrogens (tertiary/aromatic N) is 3. The summed E-state index contributed by atoms with van der Waals surface area (Å²) in [6, 6.07) is 3.45. The molecule has 10 heteroatoms. The minimum absolute atomic E-state index is 0.0397. The number of ether oxygens (including phenoxy) is 1. The number of nitrogens with two attached hydrogens (primary N) is 1. The first-order chi connectivity index (χ1) is 15.5. The number of carbonyl (C=O) groups excluding carboxylic acids is 1. The molecule has 1 aromatic carbocycles. The van der Waals surface area contributed by atoms with E-state index in [1.807, 2.05) is 0 Å². The second kappa shape index (κ2) is 9.09. The molecule has 1 amide bonds. The highest BCUT2D eigenvalue weighted by Crippen LogP contribution is 2.41. The van der Waals surface area contributed by atoms with Gasteiger partial charge in [-0.1, -0.05) is 0 Å². The van der Waals surface area contributed by atoms with Gasteiger partial charge in [-0.05, 0) is 30.9 Å².